The fourth-order valence-corrected chi connectivity index (χ4v) is 2.09. The zero-order valence-corrected chi connectivity index (χ0v) is 13.5. The average Bonchev–Trinajstić information content (AvgIpc) is 2.59. The van der Waals surface area contributed by atoms with Gasteiger partial charge in [-0.05, 0) is 37.3 Å². The molecule has 0 aliphatic heterocycles. The zero-order chi connectivity index (χ0) is 17.4. The first-order valence-corrected chi connectivity index (χ1v) is 7.62. The standard InChI is InChI=1S/C18H20N2O4/c1-2-23-10-11-24-14-7-5-6-13(12-14)18(22)20-16-9-4-3-8-15(16)17(19)21/h3-9,12H,2,10-11H2,1H3,(H2,19,21)(H,20,22). The fourth-order valence-electron chi connectivity index (χ4n) is 2.09. The van der Waals surface area contributed by atoms with Crippen LogP contribution in [0.25, 0.3) is 0 Å². The smallest absolute Gasteiger partial charge is 0.255 e. The van der Waals surface area contributed by atoms with E-state index in [-0.39, 0.29) is 11.5 Å². The Morgan fingerprint density at radius 2 is 1.88 bits per heavy atom. The number of nitrogens with two attached hydrogens (primary N) is 1. The maximum absolute atomic E-state index is 12.4. The summed E-state index contributed by atoms with van der Waals surface area (Å²) in [5.41, 5.74) is 6.36. The highest BCUT2D eigenvalue weighted by atomic mass is 16.5. The van der Waals surface area contributed by atoms with Crippen molar-refractivity contribution in [2.24, 2.45) is 5.73 Å². The predicted octanol–water partition coefficient (Wildman–Crippen LogP) is 2.45. The van der Waals surface area contributed by atoms with Crippen molar-refractivity contribution in [2.75, 3.05) is 25.1 Å². The highest BCUT2D eigenvalue weighted by molar-refractivity contribution is 6.08. The molecule has 0 spiro atoms. The third kappa shape index (κ3) is 4.82. The Bertz CT molecular complexity index is 716. The maximum atomic E-state index is 12.4. The summed E-state index contributed by atoms with van der Waals surface area (Å²) >= 11 is 0. The number of hydrogen-bond acceptors (Lipinski definition) is 4. The van der Waals surface area contributed by atoms with E-state index in [2.05, 4.69) is 5.32 Å². The number of hydrogen-bond donors (Lipinski definition) is 2. The van der Waals surface area contributed by atoms with Crippen molar-refractivity contribution in [3.63, 3.8) is 0 Å². The average molecular weight is 328 g/mol. The fraction of sp³-hybridized carbons (Fsp3) is 0.222. The molecule has 6 heteroatoms. The number of rotatable bonds is 8. The number of nitrogens with one attached hydrogen (secondary N) is 1. The van der Waals surface area contributed by atoms with Gasteiger partial charge < -0.3 is 20.5 Å². The monoisotopic (exact) mass is 328 g/mol. The van der Waals surface area contributed by atoms with Gasteiger partial charge >= 0.3 is 0 Å². The lowest BCUT2D eigenvalue weighted by Crippen LogP contribution is -2.18. The summed E-state index contributed by atoms with van der Waals surface area (Å²) in [4.78, 5) is 23.8. The Balaban J connectivity index is 2.06. The molecule has 2 aromatic carbocycles. The molecule has 0 radical (unpaired) electrons. The first-order chi connectivity index (χ1) is 11.6. The van der Waals surface area contributed by atoms with Gasteiger partial charge in [0.05, 0.1) is 17.9 Å². The molecule has 0 atom stereocenters. The van der Waals surface area contributed by atoms with Crippen LogP contribution in [0, 0.1) is 0 Å². The van der Waals surface area contributed by atoms with Crippen LogP contribution >= 0.6 is 0 Å². The molecule has 2 rings (SSSR count). The number of benzene rings is 2. The minimum Gasteiger partial charge on any atom is -0.491 e. The number of carbonyl (C=O) groups is 2. The van der Waals surface area contributed by atoms with E-state index in [9.17, 15) is 9.59 Å². The summed E-state index contributed by atoms with van der Waals surface area (Å²) in [6.45, 7) is 3.43. The van der Waals surface area contributed by atoms with Crippen LogP contribution in [0.4, 0.5) is 5.69 Å². The molecular weight excluding hydrogens is 308 g/mol. The molecule has 0 saturated carbocycles. The van der Waals surface area contributed by atoms with Crippen molar-refractivity contribution < 1.29 is 19.1 Å². The van der Waals surface area contributed by atoms with Crippen LogP contribution in [-0.2, 0) is 4.74 Å². The van der Waals surface area contributed by atoms with Gasteiger partial charge in [0.15, 0.2) is 0 Å². The largest absolute Gasteiger partial charge is 0.491 e. The molecule has 0 fully saturated rings. The minimum atomic E-state index is -0.598. The van der Waals surface area contributed by atoms with Crippen LogP contribution in [0.15, 0.2) is 48.5 Å². The summed E-state index contributed by atoms with van der Waals surface area (Å²) in [6, 6.07) is 13.4. The molecule has 0 bridgehead atoms. The third-order valence-electron chi connectivity index (χ3n) is 3.24. The van der Waals surface area contributed by atoms with Crippen LogP contribution in [-0.4, -0.2) is 31.6 Å². The number of amides is 2. The summed E-state index contributed by atoms with van der Waals surface area (Å²) < 4.78 is 10.7. The highest BCUT2D eigenvalue weighted by Crippen LogP contribution is 2.18. The predicted molar refractivity (Wildman–Crippen MR) is 91.3 cm³/mol. The molecule has 0 saturated heterocycles. The highest BCUT2D eigenvalue weighted by Gasteiger charge is 2.12. The molecule has 0 aromatic heterocycles. The molecule has 2 amide bonds. The first kappa shape index (κ1) is 17.5. The summed E-state index contributed by atoms with van der Waals surface area (Å²) in [5.74, 6) is -0.372. The van der Waals surface area contributed by atoms with E-state index in [1.165, 1.54) is 0 Å². The Hall–Kier alpha value is -2.86. The Morgan fingerprint density at radius 1 is 1.08 bits per heavy atom. The van der Waals surface area contributed by atoms with Crippen molar-refractivity contribution in [1.82, 2.24) is 0 Å². The molecule has 3 N–H and O–H groups in total. The van der Waals surface area contributed by atoms with Crippen LogP contribution in [0.5, 0.6) is 5.75 Å². The minimum absolute atomic E-state index is 0.259. The number of anilines is 1. The molecule has 0 aliphatic carbocycles. The second kappa shape index (κ2) is 8.69. The summed E-state index contributed by atoms with van der Waals surface area (Å²) in [5, 5.41) is 2.69. The van der Waals surface area contributed by atoms with Crippen LogP contribution in [0.1, 0.15) is 27.6 Å². The van der Waals surface area contributed by atoms with Gasteiger partial charge in [-0.15, -0.1) is 0 Å². The number of primary amides is 1. The quantitative estimate of drug-likeness (QED) is 0.728. The number of ether oxygens (including phenoxy) is 2. The normalized spacial score (nSPS) is 10.2. The second-order valence-electron chi connectivity index (χ2n) is 4.94. The molecule has 2 aromatic rings. The van der Waals surface area contributed by atoms with Gasteiger partial charge in [0.25, 0.3) is 11.8 Å². The number of carbonyl (C=O) groups excluding carboxylic acids is 2. The lowest BCUT2D eigenvalue weighted by molar-refractivity contribution is 0.100. The third-order valence-corrected chi connectivity index (χ3v) is 3.24. The maximum Gasteiger partial charge on any atom is 0.255 e. The molecule has 126 valence electrons. The van der Waals surface area contributed by atoms with E-state index in [0.717, 1.165) is 0 Å². The molecule has 0 unspecified atom stereocenters. The van der Waals surface area contributed by atoms with Crippen molar-refractivity contribution in [1.29, 1.82) is 0 Å². The van der Waals surface area contributed by atoms with Crippen molar-refractivity contribution in [3.8, 4) is 5.75 Å². The van der Waals surface area contributed by atoms with Crippen LogP contribution in [0.2, 0.25) is 0 Å². The molecule has 6 nitrogen and oxygen atoms in total. The van der Waals surface area contributed by atoms with Gasteiger partial charge in [0.1, 0.15) is 12.4 Å². The van der Waals surface area contributed by atoms with Gasteiger partial charge in [0, 0.05) is 12.2 Å². The molecule has 0 aliphatic rings. The molecule has 0 heterocycles. The Labute approximate surface area is 140 Å². The van der Waals surface area contributed by atoms with Crippen LogP contribution in [0.3, 0.4) is 0 Å². The summed E-state index contributed by atoms with van der Waals surface area (Å²) in [6.07, 6.45) is 0. The van der Waals surface area contributed by atoms with E-state index in [1.807, 2.05) is 6.92 Å². The molecule has 24 heavy (non-hydrogen) atoms. The topological polar surface area (TPSA) is 90.7 Å². The van der Waals surface area contributed by atoms with Gasteiger partial charge in [0.2, 0.25) is 0 Å². The molecular formula is C18H20N2O4. The van der Waals surface area contributed by atoms with Gasteiger partial charge in [-0.2, -0.15) is 0 Å². The lowest BCUT2D eigenvalue weighted by Gasteiger charge is -2.10. The van der Waals surface area contributed by atoms with E-state index >= 15 is 0 Å². The Kier molecular flexibility index (Phi) is 6.33. The summed E-state index contributed by atoms with van der Waals surface area (Å²) in [7, 11) is 0. The van der Waals surface area contributed by atoms with E-state index in [4.69, 9.17) is 15.2 Å². The van der Waals surface area contributed by atoms with Crippen molar-refractivity contribution >= 4 is 17.5 Å². The zero-order valence-electron chi connectivity index (χ0n) is 13.5. The van der Waals surface area contributed by atoms with Gasteiger partial charge in [-0.1, -0.05) is 18.2 Å². The van der Waals surface area contributed by atoms with E-state index in [1.54, 1.807) is 48.5 Å². The SMILES string of the molecule is CCOCCOc1cccc(C(=O)Nc2ccccc2C(N)=O)c1. The van der Waals surface area contributed by atoms with Crippen molar-refractivity contribution in [2.45, 2.75) is 6.92 Å². The van der Waals surface area contributed by atoms with Crippen molar-refractivity contribution in [3.05, 3.63) is 59.7 Å². The van der Waals surface area contributed by atoms with Gasteiger partial charge in [-0.25, -0.2) is 0 Å². The van der Waals surface area contributed by atoms with Crippen LogP contribution < -0.4 is 15.8 Å². The number of para-hydroxylation sites is 1. The first-order valence-electron chi connectivity index (χ1n) is 7.62. The van der Waals surface area contributed by atoms with Gasteiger partial charge in [-0.3, -0.25) is 9.59 Å². The second-order valence-corrected chi connectivity index (χ2v) is 4.94. The van der Waals surface area contributed by atoms with E-state index in [0.29, 0.717) is 36.8 Å². The lowest BCUT2D eigenvalue weighted by atomic mass is 10.1. The van der Waals surface area contributed by atoms with E-state index < -0.39 is 5.91 Å². The Morgan fingerprint density at radius 3 is 2.62 bits per heavy atom.